The van der Waals surface area contributed by atoms with E-state index < -0.39 is 0 Å². The highest BCUT2D eigenvalue weighted by atomic mass is 19.1. The van der Waals surface area contributed by atoms with Crippen molar-refractivity contribution < 1.29 is 13.7 Å². The van der Waals surface area contributed by atoms with E-state index in [1.165, 1.54) is 12.1 Å². The minimum atomic E-state index is -0.301. The SMILES string of the molecule is O=C1CCC(c2nc(-c3ccccn3)no2)N1Cc1ccc(F)cc1. The number of likely N-dealkylation sites (tertiary alicyclic amines) is 1. The number of amides is 1. The first kappa shape index (κ1) is 15.4. The van der Waals surface area contributed by atoms with Crippen molar-refractivity contribution in [2.24, 2.45) is 0 Å². The van der Waals surface area contributed by atoms with Gasteiger partial charge in [-0.15, -0.1) is 0 Å². The predicted molar refractivity (Wildman–Crippen MR) is 86.5 cm³/mol. The Morgan fingerprint density at radius 3 is 2.80 bits per heavy atom. The van der Waals surface area contributed by atoms with Crippen molar-refractivity contribution in [3.63, 3.8) is 0 Å². The molecule has 7 heteroatoms. The van der Waals surface area contributed by atoms with Crippen LogP contribution in [0.1, 0.15) is 30.3 Å². The van der Waals surface area contributed by atoms with Gasteiger partial charge < -0.3 is 9.42 Å². The van der Waals surface area contributed by atoms with Crippen molar-refractivity contribution in [2.75, 3.05) is 0 Å². The van der Waals surface area contributed by atoms with Gasteiger partial charge in [0, 0.05) is 19.2 Å². The van der Waals surface area contributed by atoms with E-state index in [1.54, 1.807) is 29.3 Å². The number of benzene rings is 1. The van der Waals surface area contributed by atoms with Crippen LogP contribution in [0.4, 0.5) is 4.39 Å². The van der Waals surface area contributed by atoms with E-state index >= 15 is 0 Å². The maximum absolute atomic E-state index is 13.1. The van der Waals surface area contributed by atoms with Crippen molar-refractivity contribution in [3.8, 4) is 11.5 Å². The molecule has 1 aromatic carbocycles. The van der Waals surface area contributed by atoms with Crippen LogP contribution in [-0.4, -0.2) is 25.9 Å². The zero-order valence-corrected chi connectivity index (χ0v) is 13.3. The summed E-state index contributed by atoms with van der Waals surface area (Å²) in [6.45, 7) is 0.380. The quantitative estimate of drug-likeness (QED) is 0.731. The number of pyridine rings is 1. The molecule has 1 unspecified atom stereocenters. The van der Waals surface area contributed by atoms with E-state index in [4.69, 9.17) is 4.52 Å². The molecular weight excluding hydrogens is 323 g/mol. The van der Waals surface area contributed by atoms with Gasteiger partial charge in [-0.3, -0.25) is 9.78 Å². The number of hydrogen-bond donors (Lipinski definition) is 0. The Labute approximate surface area is 143 Å². The number of rotatable bonds is 4. The van der Waals surface area contributed by atoms with Crippen LogP contribution in [0.2, 0.25) is 0 Å². The van der Waals surface area contributed by atoms with Crippen LogP contribution >= 0.6 is 0 Å². The normalized spacial score (nSPS) is 17.2. The lowest BCUT2D eigenvalue weighted by atomic mass is 10.2. The minimum absolute atomic E-state index is 0.0203. The Morgan fingerprint density at radius 2 is 2.04 bits per heavy atom. The third-order valence-electron chi connectivity index (χ3n) is 4.22. The summed E-state index contributed by atoms with van der Waals surface area (Å²) in [5, 5.41) is 3.97. The standard InChI is InChI=1S/C18H15FN4O2/c19-13-6-4-12(5-7-13)11-23-15(8-9-16(23)24)18-21-17(22-25-18)14-3-1-2-10-20-14/h1-7,10,15H,8-9,11H2. The van der Waals surface area contributed by atoms with Crippen LogP contribution in [0, 0.1) is 5.82 Å². The highest BCUT2D eigenvalue weighted by molar-refractivity contribution is 5.78. The molecule has 0 bridgehead atoms. The summed E-state index contributed by atoms with van der Waals surface area (Å²) in [4.78, 5) is 22.6. The van der Waals surface area contributed by atoms with Crippen LogP contribution in [0.25, 0.3) is 11.5 Å². The monoisotopic (exact) mass is 338 g/mol. The van der Waals surface area contributed by atoms with Gasteiger partial charge in [-0.2, -0.15) is 4.98 Å². The van der Waals surface area contributed by atoms with Gasteiger partial charge in [0.25, 0.3) is 0 Å². The van der Waals surface area contributed by atoms with Crippen LogP contribution in [0.3, 0.4) is 0 Å². The molecule has 3 heterocycles. The van der Waals surface area contributed by atoms with Gasteiger partial charge in [0.2, 0.25) is 17.6 Å². The van der Waals surface area contributed by atoms with Crippen molar-refractivity contribution in [2.45, 2.75) is 25.4 Å². The fourth-order valence-corrected chi connectivity index (χ4v) is 2.94. The van der Waals surface area contributed by atoms with Crippen molar-refractivity contribution >= 4 is 5.91 Å². The van der Waals surface area contributed by atoms with E-state index in [1.807, 2.05) is 12.1 Å². The van der Waals surface area contributed by atoms with Crippen LogP contribution < -0.4 is 0 Å². The summed E-state index contributed by atoms with van der Waals surface area (Å²) < 4.78 is 18.4. The topological polar surface area (TPSA) is 72.1 Å². The lowest BCUT2D eigenvalue weighted by Crippen LogP contribution is -2.27. The molecule has 126 valence electrons. The maximum Gasteiger partial charge on any atom is 0.249 e. The van der Waals surface area contributed by atoms with Gasteiger partial charge in [0.1, 0.15) is 17.6 Å². The van der Waals surface area contributed by atoms with Crippen LogP contribution in [0.15, 0.2) is 53.2 Å². The molecule has 25 heavy (non-hydrogen) atoms. The zero-order valence-electron chi connectivity index (χ0n) is 13.3. The fourth-order valence-electron chi connectivity index (χ4n) is 2.94. The Balaban J connectivity index is 1.57. The molecule has 1 aliphatic heterocycles. The van der Waals surface area contributed by atoms with Gasteiger partial charge in [0.15, 0.2) is 0 Å². The maximum atomic E-state index is 13.1. The Morgan fingerprint density at radius 1 is 1.20 bits per heavy atom. The van der Waals surface area contributed by atoms with Gasteiger partial charge in [-0.1, -0.05) is 23.4 Å². The molecule has 0 spiro atoms. The van der Waals surface area contributed by atoms with Crippen molar-refractivity contribution in [1.29, 1.82) is 0 Å². The molecular formula is C18H15FN4O2. The molecule has 6 nitrogen and oxygen atoms in total. The van der Waals surface area contributed by atoms with E-state index in [-0.39, 0.29) is 17.8 Å². The van der Waals surface area contributed by atoms with Crippen LogP contribution in [-0.2, 0) is 11.3 Å². The summed E-state index contributed by atoms with van der Waals surface area (Å²) >= 11 is 0. The first-order valence-corrected chi connectivity index (χ1v) is 7.99. The van der Waals surface area contributed by atoms with Gasteiger partial charge >= 0.3 is 0 Å². The molecule has 1 atom stereocenters. The summed E-state index contributed by atoms with van der Waals surface area (Å²) in [7, 11) is 0. The molecule has 1 fully saturated rings. The second-order valence-corrected chi connectivity index (χ2v) is 5.87. The molecule has 3 aromatic rings. The first-order chi connectivity index (χ1) is 12.2. The molecule has 1 amide bonds. The lowest BCUT2D eigenvalue weighted by molar-refractivity contribution is -0.129. The Bertz CT molecular complexity index is 880. The largest absolute Gasteiger partial charge is 0.337 e. The van der Waals surface area contributed by atoms with E-state index in [2.05, 4.69) is 15.1 Å². The minimum Gasteiger partial charge on any atom is -0.337 e. The smallest absolute Gasteiger partial charge is 0.249 e. The molecule has 0 saturated carbocycles. The highest BCUT2D eigenvalue weighted by Crippen LogP contribution is 2.33. The van der Waals surface area contributed by atoms with Crippen molar-refractivity contribution in [1.82, 2.24) is 20.0 Å². The first-order valence-electron chi connectivity index (χ1n) is 7.99. The zero-order chi connectivity index (χ0) is 17.2. The highest BCUT2D eigenvalue weighted by Gasteiger charge is 2.36. The third kappa shape index (κ3) is 3.13. The van der Waals surface area contributed by atoms with E-state index in [0.717, 1.165) is 5.56 Å². The summed E-state index contributed by atoms with van der Waals surface area (Å²) in [5.41, 5.74) is 1.47. The second-order valence-electron chi connectivity index (χ2n) is 5.87. The third-order valence-corrected chi connectivity index (χ3v) is 4.22. The number of halogens is 1. The number of carbonyl (C=O) groups excluding carboxylic acids is 1. The summed E-state index contributed by atoms with van der Waals surface area (Å²) in [6.07, 6.45) is 2.70. The second kappa shape index (κ2) is 6.43. The van der Waals surface area contributed by atoms with E-state index in [0.29, 0.717) is 36.8 Å². The van der Waals surface area contributed by atoms with Gasteiger partial charge in [-0.05, 0) is 36.2 Å². The molecule has 4 rings (SSSR count). The molecule has 0 aliphatic carbocycles. The molecule has 0 N–H and O–H groups in total. The molecule has 1 aliphatic rings. The van der Waals surface area contributed by atoms with Crippen LogP contribution in [0.5, 0.6) is 0 Å². The Kier molecular flexibility index (Phi) is 3.97. The number of hydrogen-bond acceptors (Lipinski definition) is 5. The van der Waals surface area contributed by atoms with Crippen molar-refractivity contribution in [3.05, 3.63) is 65.9 Å². The van der Waals surface area contributed by atoms with Gasteiger partial charge in [-0.25, -0.2) is 4.39 Å². The summed E-state index contributed by atoms with van der Waals surface area (Å²) in [6, 6.07) is 11.3. The average molecular weight is 338 g/mol. The number of aromatic nitrogens is 3. The molecule has 2 aromatic heterocycles. The molecule has 1 saturated heterocycles. The Hall–Kier alpha value is -3.09. The van der Waals surface area contributed by atoms with Gasteiger partial charge in [0.05, 0.1) is 0 Å². The number of carbonyl (C=O) groups is 1. The summed E-state index contributed by atoms with van der Waals surface area (Å²) in [5.74, 6) is 0.516. The molecule has 0 radical (unpaired) electrons. The van der Waals surface area contributed by atoms with E-state index in [9.17, 15) is 9.18 Å². The average Bonchev–Trinajstić information content (AvgIpc) is 3.25. The lowest BCUT2D eigenvalue weighted by Gasteiger charge is -2.22. The fraction of sp³-hybridized carbons (Fsp3) is 0.222. The predicted octanol–water partition coefficient (Wildman–Crippen LogP) is 3.13. The number of nitrogens with zero attached hydrogens (tertiary/aromatic N) is 4.